The van der Waals surface area contributed by atoms with Gasteiger partial charge in [0.05, 0.1) is 6.42 Å². The molecule has 0 aliphatic heterocycles. The molecule has 0 fully saturated rings. The van der Waals surface area contributed by atoms with Gasteiger partial charge in [0.2, 0.25) is 5.91 Å². The molecule has 0 bridgehead atoms. The fourth-order valence-corrected chi connectivity index (χ4v) is 2.01. The summed E-state index contributed by atoms with van der Waals surface area (Å²) in [5, 5.41) is 12.4. The van der Waals surface area contributed by atoms with E-state index in [1.807, 2.05) is 24.3 Å². The Morgan fingerprint density at radius 3 is 2.58 bits per heavy atom. The number of hydrogen-bond acceptors (Lipinski definition) is 2. The Morgan fingerprint density at radius 1 is 1.21 bits per heavy atom. The van der Waals surface area contributed by atoms with Crippen molar-refractivity contribution in [2.45, 2.75) is 13.3 Å². The molecular formula is C15H14BrNO2. The molecule has 98 valence electrons. The molecule has 0 radical (unpaired) electrons. The van der Waals surface area contributed by atoms with Crippen LogP contribution in [-0.4, -0.2) is 11.0 Å². The molecule has 1 amide bonds. The number of aromatic hydroxyl groups is 1. The summed E-state index contributed by atoms with van der Waals surface area (Å²) in [6, 6.07) is 12.7. The van der Waals surface area contributed by atoms with E-state index in [1.165, 1.54) is 0 Å². The van der Waals surface area contributed by atoms with Crippen molar-refractivity contribution in [3.63, 3.8) is 0 Å². The second-order valence-corrected chi connectivity index (χ2v) is 5.22. The predicted molar refractivity (Wildman–Crippen MR) is 79.3 cm³/mol. The van der Waals surface area contributed by atoms with Crippen molar-refractivity contribution in [2.75, 3.05) is 5.32 Å². The highest BCUT2D eigenvalue weighted by Crippen LogP contribution is 2.24. The van der Waals surface area contributed by atoms with E-state index in [-0.39, 0.29) is 11.7 Å². The number of benzene rings is 2. The van der Waals surface area contributed by atoms with Crippen LogP contribution in [0.3, 0.4) is 0 Å². The molecule has 3 nitrogen and oxygen atoms in total. The summed E-state index contributed by atoms with van der Waals surface area (Å²) in [5.74, 6) is 0.0810. The van der Waals surface area contributed by atoms with Gasteiger partial charge < -0.3 is 10.4 Å². The quantitative estimate of drug-likeness (QED) is 0.907. The van der Waals surface area contributed by atoms with Gasteiger partial charge >= 0.3 is 0 Å². The van der Waals surface area contributed by atoms with Crippen molar-refractivity contribution in [1.82, 2.24) is 0 Å². The van der Waals surface area contributed by atoms with E-state index in [1.54, 1.807) is 25.1 Å². The highest BCUT2D eigenvalue weighted by molar-refractivity contribution is 9.10. The minimum absolute atomic E-state index is 0.101. The van der Waals surface area contributed by atoms with Crippen LogP contribution in [0.25, 0.3) is 0 Å². The molecule has 2 rings (SSSR count). The van der Waals surface area contributed by atoms with Gasteiger partial charge in [-0.05, 0) is 36.8 Å². The van der Waals surface area contributed by atoms with E-state index < -0.39 is 0 Å². The topological polar surface area (TPSA) is 49.3 Å². The van der Waals surface area contributed by atoms with E-state index in [2.05, 4.69) is 21.2 Å². The minimum Gasteiger partial charge on any atom is -0.508 e. The number of anilines is 1. The second-order valence-electron chi connectivity index (χ2n) is 4.30. The van der Waals surface area contributed by atoms with Gasteiger partial charge in [0.15, 0.2) is 0 Å². The van der Waals surface area contributed by atoms with Crippen LogP contribution in [0.4, 0.5) is 5.69 Å². The highest BCUT2D eigenvalue weighted by Gasteiger charge is 2.07. The summed E-state index contributed by atoms with van der Waals surface area (Å²) in [6.07, 6.45) is 0.308. The van der Waals surface area contributed by atoms with Gasteiger partial charge in [-0.1, -0.05) is 34.1 Å². The van der Waals surface area contributed by atoms with Gasteiger partial charge in [-0.15, -0.1) is 0 Å². The first-order valence-electron chi connectivity index (χ1n) is 5.89. The lowest BCUT2D eigenvalue weighted by molar-refractivity contribution is -0.115. The average molecular weight is 320 g/mol. The molecule has 0 spiro atoms. The zero-order valence-electron chi connectivity index (χ0n) is 10.5. The molecule has 2 aromatic rings. The average Bonchev–Trinajstić information content (AvgIpc) is 2.38. The normalized spacial score (nSPS) is 10.2. The number of phenolic OH excluding ortho intramolecular Hbond substituents is 1. The monoisotopic (exact) mass is 319 g/mol. The molecule has 2 aromatic carbocycles. The van der Waals surface area contributed by atoms with Crippen molar-refractivity contribution in [1.29, 1.82) is 0 Å². The Balaban J connectivity index is 2.05. The van der Waals surface area contributed by atoms with Crippen LogP contribution in [-0.2, 0) is 11.2 Å². The molecule has 0 aliphatic rings. The third kappa shape index (κ3) is 3.58. The minimum atomic E-state index is -0.101. The van der Waals surface area contributed by atoms with E-state index in [0.29, 0.717) is 17.7 Å². The third-order valence-electron chi connectivity index (χ3n) is 2.86. The molecular weight excluding hydrogens is 306 g/mol. The summed E-state index contributed by atoms with van der Waals surface area (Å²) in [6.45, 7) is 1.77. The molecule has 0 atom stereocenters. The van der Waals surface area contributed by atoms with Crippen molar-refractivity contribution in [3.8, 4) is 5.75 Å². The SMILES string of the molecule is Cc1c(O)cccc1NC(=O)Cc1ccc(Br)cc1. The maximum Gasteiger partial charge on any atom is 0.228 e. The number of amides is 1. The molecule has 4 heteroatoms. The Kier molecular flexibility index (Phi) is 4.22. The van der Waals surface area contributed by atoms with Gasteiger partial charge in [-0.3, -0.25) is 4.79 Å². The summed E-state index contributed by atoms with van der Waals surface area (Å²) < 4.78 is 0.987. The summed E-state index contributed by atoms with van der Waals surface area (Å²) in [7, 11) is 0. The highest BCUT2D eigenvalue weighted by atomic mass is 79.9. The van der Waals surface area contributed by atoms with E-state index in [0.717, 1.165) is 10.0 Å². The smallest absolute Gasteiger partial charge is 0.228 e. The number of hydrogen-bond donors (Lipinski definition) is 2. The Bertz CT molecular complexity index is 594. The molecule has 19 heavy (non-hydrogen) atoms. The lowest BCUT2D eigenvalue weighted by Gasteiger charge is -2.09. The maximum atomic E-state index is 11.9. The first kappa shape index (κ1) is 13.6. The summed E-state index contributed by atoms with van der Waals surface area (Å²) in [5.41, 5.74) is 2.26. The van der Waals surface area contributed by atoms with Gasteiger partial charge in [-0.25, -0.2) is 0 Å². The van der Waals surface area contributed by atoms with Crippen LogP contribution < -0.4 is 5.32 Å². The van der Waals surface area contributed by atoms with Crippen LogP contribution in [0, 0.1) is 6.92 Å². The van der Waals surface area contributed by atoms with E-state index in [4.69, 9.17) is 0 Å². The zero-order chi connectivity index (χ0) is 13.8. The van der Waals surface area contributed by atoms with Gasteiger partial charge in [0.25, 0.3) is 0 Å². The van der Waals surface area contributed by atoms with Crippen LogP contribution in [0.2, 0.25) is 0 Å². The molecule has 0 heterocycles. The molecule has 0 unspecified atom stereocenters. The first-order chi connectivity index (χ1) is 9.06. The van der Waals surface area contributed by atoms with Crippen LogP contribution >= 0.6 is 15.9 Å². The number of phenols is 1. The maximum absolute atomic E-state index is 11.9. The van der Waals surface area contributed by atoms with Crippen molar-refractivity contribution in [3.05, 3.63) is 58.1 Å². The van der Waals surface area contributed by atoms with E-state index >= 15 is 0 Å². The fourth-order valence-electron chi connectivity index (χ4n) is 1.74. The van der Waals surface area contributed by atoms with Crippen molar-refractivity contribution < 1.29 is 9.90 Å². The molecule has 2 N–H and O–H groups in total. The largest absolute Gasteiger partial charge is 0.508 e. The third-order valence-corrected chi connectivity index (χ3v) is 3.39. The number of nitrogens with one attached hydrogen (secondary N) is 1. The van der Waals surface area contributed by atoms with Gasteiger partial charge in [0, 0.05) is 15.7 Å². The van der Waals surface area contributed by atoms with E-state index in [9.17, 15) is 9.90 Å². The fraction of sp³-hybridized carbons (Fsp3) is 0.133. The van der Waals surface area contributed by atoms with Gasteiger partial charge in [-0.2, -0.15) is 0 Å². The number of carbonyl (C=O) groups excluding carboxylic acids is 1. The predicted octanol–water partition coefficient (Wildman–Crippen LogP) is 3.64. The van der Waals surface area contributed by atoms with Crippen molar-refractivity contribution in [2.24, 2.45) is 0 Å². The lowest BCUT2D eigenvalue weighted by atomic mass is 10.1. The summed E-state index contributed by atoms with van der Waals surface area (Å²) in [4.78, 5) is 11.9. The molecule has 0 saturated heterocycles. The molecule has 0 aromatic heterocycles. The van der Waals surface area contributed by atoms with Crippen LogP contribution in [0.5, 0.6) is 5.75 Å². The number of carbonyl (C=O) groups is 1. The Morgan fingerprint density at radius 2 is 1.89 bits per heavy atom. The van der Waals surface area contributed by atoms with Crippen LogP contribution in [0.15, 0.2) is 46.9 Å². The first-order valence-corrected chi connectivity index (χ1v) is 6.68. The second kappa shape index (κ2) is 5.89. The number of rotatable bonds is 3. The Hall–Kier alpha value is -1.81. The van der Waals surface area contributed by atoms with Crippen LogP contribution in [0.1, 0.15) is 11.1 Å². The van der Waals surface area contributed by atoms with Crippen molar-refractivity contribution >= 4 is 27.5 Å². The number of halogens is 1. The Labute approximate surface area is 120 Å². The summed E-state index contributed by atoms with van der Waals surface area (Å²) >= 11 is 3.35. The molecule has 0 aliphatic carbocycles. The standard InChI is InChI=1S/C15H14BrNO2/c1-10-13(3-2-4-14(10)18)17-15(19)9-11-5-7-12(16)8-6-11/h2-8,18H,9H2,1H3,(H,17,19). The lowest BCUT2D eigenvalue weighted by Crippen LogP contribution is -2.15. The molecule has 0 saturated carbocycles. The van der Waals surface area contributed by atoms with Gasteiger partial charge in [0.1, 0.15) is 5.75 Å². The zero-order valence-corrected chi connectivity index (χ0v) is 12.1.